The molecule has 21 heavy (non-hydrogen) atoms. The van der Waals surface area contributed by atoms with Gasteiger partial charge in [0.25, 0.3) is 0 Å². The molecule has 1 aliphatic carbocycles. The van der Waals surface area contributed by atoms with E-state index in [4.69, 9.17) is 5.11 Å². The quantitative estimate of drug-likeness (QED) is 0.860. The smallest absolute Gasteiger partial charge is 0.335 e. The minimum Gasteiger partial charge on any atom is -0.478 e. The third-order valence-electron chi connectivity index (χ3n) is 4.13. The summed E-state index contributed by atoms with van der Waals surface area (Å²) in [5.41, 5.74) is 0.800. The Bertz CT molecular complexity index is 536. The van der Waals surface area contributed by atoms with Crippen LogP contribution in [0.25, 0.3) is 0 Å². The van der Waals surface area contributed by atoms with Crippen LogP contribution in [0, 0.1) is 16.6 Å². The van der Waals surface area contributed by atoms with Gasteiger partial charge in [-0.05, 0) is 48.3 Å². The second-order valence-corrected chi connectivity index (χ2v) is 7.75. The van der Waals surface area contributed by atoms with Crippen LogP contribution in [-0.2, 0) is 0 Å². The van der Waals surface area contributed by atoms with Crippen molar-refractivity contribution in [2.24, 2.45) is 10.8 Å². The van der Waals surface area contributed by atoms with Gasteiger partial charge in [0.15, 0.2) is 0 Å². The van der Waals surface area contributed by atoms with E-state index in [-0.39, 0.29) is 22.4 Å². The standard InChI is InChI=1S/C17H24FNO2/c1-16(2)8-12(9-17(3,4)10-16)19-14-6-5-11(15(20)21)7-13(14)18/h5-7,12,19H,8-10H2,1-4H3,(H,20,21). The summed E-state index contributed by atoms with van der Waals surface area (Å²) in [5.74, 6) is -1.61. The second kappa shape index (κ2) is 5.32. The molecule has 0 spiro atoms. The van der Waals surface area contributed by atoms with E-state index >= 15 is 0 Å². The molecule has 2 rings (SSSR count). The molecule has 4 heteroatoms. The molecule has 1 saturated carbocycles. The highest BCUT2D eigenvalue weighted by Crippen LogP contribution is 2.46. The van der Waals surface area contributed by atoms with Crippen molar-refractivity contribution in [2.75, 3.05) is 5.32 Å². The molecule has 0 heterocycles. The van der Waals surface area contributed by atoms with Gasteiger partial charge in [-0.1, -0.05) is 27.7 Å². The zero-order valence-electron chi connectivity index (χ0n) is 13.2. The van der Waals surface area contributed by atoms with Crippen molar-refractivity contribution in [1.82, 2.24) is 0 Å². The highest BCUT2D eigenvalue weighted by atomic mass is 19.1. The minimum atomic E-state index is -1.11. The van der Waals surface area contributed by atoms with Gasteiger partial charge in [0.1, 0.15) is 5.82 Å². The average molecular weight is 293 g/mol. The summed E-state index contributed by atoms with van der Waals surface area (Å²) in [7, 11) is 0. The average Bonchev–Trinajstić information content (AvgIpc) is 2.27. The lowest BCUT2D eigenvalue weighted by Gasteiger charge is -2.45. The largest absolute Gasteiger partial charge is 0.478 e. The van der Waals surface area contributed by atoms with E-state index in [9.17, 15) is 9.18 Å². The highest BCUT2D eigenvalue weighted by molar-refractivity contribution is 5.88. The van der Waals surface area contributed by atoms with Gasteiger partial charge >= 0.3 is 5.97 Å². The van der Waals surface area contributed by atoms with Gasteiger partial charge in [-0.3, -0.25) is 0 Å². The number of hydrogen-bond donors (Lipinski definition) is 2. The summed E-state index contributed by atoms with van der Waals surface area (Å²) < 4.78 is 14.0. The molecule has 1 aromatic carbocycles. The van der Waals surface area contributed by atoms with Crippen molar-refractivity contribution < 1.29 is 14.3 Å². The maximum Gasteiger partial charge on any atom is 0.335 e. The first-order valence-corrected chi connectivity index (χ1v) is 7.37. The van der Waals surface area contributed by atoms with Crippen LogP contribution in [0.4, 0.5) is 10.1 Å². The number of carbonyl (C=O) groups is 1. The fraction of sp³-hybridized carbons (Fsp3) is 0.588. The Labute approximate surface area is 125 Å². The summed E-state index contributed by atoms with van der Waals surface area (Å²) in [5, 5.41) is 12.1. The molecular weight excluding hydrogens is 269 g/mol. The molecule has 2 N–H and O–H groups in total. The first-order valence-electron chi connectivity index (χ1n) is 7.37. The zero-order valence-corrected chi connectivity index (χ0v) is 13.2. The zero-order chi connectivity index (χ0) is 15.8. The Hall–Kier alpha value is -1.58. The maximum atomic E-state index is 14.0. The molecule has 0 aliphatic heterocycles. The van der Waals surface area contributed by atoms with Gasteiger partial charge in [-0.25, -0.2) is 9.18 Å². The first kappa shape index (κ1) is 15.8. The summed E-state index contributed by atoms with van der Waals surface area (Å²) >= 11 is 0. The predicted molar refractivity (Wildman–Crippen MR) is 82.2 cm³/mol. The molecule has 0 saturated heterocycles. The SMILES string of the molecule is CC1(C)CC(Nc2ccc(C(=O)O)cc2F)CC(C)(C)C1. The van der Waals surface area contributed by atoms with Crippen LogP contribution in [0.3, 0.4) is 0 Å². The number of aromatic carboxylic acids is 1. The van der Waals surface area contributed by atoms with Crippen molar-refractivity contribution in [1.29, 1.82) is 0 Å². The van der Waals surface area contributed by atoms with Crippen LogP contribution < -0.4 is 5.32 Å². The molecule has 116 valence electrons. The molecule has 1 fully saturated rings. The molecule has 0 aromatic heterocycles. The molecule has 0 bridgehead atoms. The molecule has 3 nitrogen and oxygen atoms in total. The third-order valence-corrected chi connectivity index (χ3v) is 4.13. The van der Waals surface area contributed by atoms with E-state index < -0.39 is 11.8 Å². The van der Waals surface area contributed by atoms with E-state index in [1.54, 1.807) is 0 Å². The van der Waals surface area contributed by atoms with Gasteiger partial charge in [0.2, 0.25) is 0 Å². The lowest BCUT2D eigenvalue weighted by atomic mass is 9.63. The molecular formula is C17H24FNO2. The van der Waals surface area contributed by atoms with Gasteiger partial charge in [-0.15, -0.1) is 0 Å². The Morgan fingerprint density at radius 1 is 1.24 bits per heavy atom. The Morgan fingerprint density at radius 3 is 2.29 bits per heavy atom. The number of halogens is 1. The van der Waals surface area contributed by atoms with E-state index in [1.807, 2.05) is 0 Å². The van der Waals surface area contributed by atoms with Crippen LogP contribution >= 0.6 is 0 Å². The molecule has 1 aliphatic rings. The molecule has 0 atom stereocenters. The minimum absolute atomic E-state index is 0.0256. The van der Waals surface area contributed by atoms with Gasteiger partial charge in [0.05, 0.1) is 11.3 Å². The number of hydrogen-bond acceptors (Lipinski definition) is 2. The van der Waals surface area contributed by atoms with Crippen molar-refractivity contribution in [3.05, 3.63) is 29.6 Å². The normalized spacial score (nSPS) is 21.0. The van der Waals surface area contributed by atoms with Crippen LogP contribution in [0.5, 0.6) is 0 Å². The molecule has 1 aromatic rings. The van der Waals surface area contributed by atoms with Crippen molar-refractivity contribution >= 4 is 11.7 Å². The summed E-state index contributed by atoms with van der Waals surface area (Å²) in [6.07, 6.45) is 3.12. The lowest BCUT2D eigenvalue weighted by molar-refractivity contribution is 0.0696. The van der Waals surface area contributed by atoms with Crippen LogP contribution in [0.15, 0.2) is 18.2 Å². The number of rotatable bonds is 3. The Kier molecular flexibility index (Phi) is 4.00. The maximum absolute atomic E-state index is 14.0. The fourth-order valence-electron chi connectivity index (χ4n) is 3.93. The Morgan fingerprint density at radius 2 is 1.81 bits per heavy atom. The summed E-state index contributed by atoms with van der Waals surface area (Å²) in [6, 6.07) is 4.23. The van der Waals surface area contributed by atoms with Crippen molar-refractivity contribution in [3.8, 4) is 0 Å². The van der Waals surface area contributed by atoms with E-state index in [0.29, 0.717) is 5.69 Å². The van der Waals surface area contributed by atoms with Gasteiger partial charge in [-0.2, -0.15) is 0 Å². The number of nitrogens with one attached hydrogen (secondary N) is 1. The Balaban J connectivity index is 2.16. The molecule has 0 amide bonds. The lowest BCUT2D eigenvalue weighted by Crippen LogP contribution is -2.40. The first-order chi connectivity index (χ1) is 9.58. The fourth-order valence-corrected chi connectivity index (χ4v) is 3.93. The predicted octanol–water partition coefficient (Wildman–Crippen LogP) is 4.54. The molecule has 0 unspecified atom stereocenters. The summed E-state index contributed by atoms with van der Waals surface area (Å²) in [6.45, 7) is 8.97. The van der Waals surface area contributed by atoms with Gasteiger partial charge < -0.3 is 10.4 Å². The highest BCUT2D eigenvalue weighted by Gasteiger charge is 2.38. The van der Waals surface area contributed by atoms with E-state index in [0.717, 1.165) is 25.3 Å². The second-order valence-electron chi connectivity index (χ2n) is 7.75. The topological polar surface area (TPSA) is 49.3 Å². The van der Waals surface area contributed by atoms with Crippen molar-refractivity contribution in [2.45, 2.75) is 53.0 Å². The summed E-state index contributed by atoms with van der Waals surface area (Å²) in [4.78, 5) is 10.8. The third kappa shape index (κ3) is 3.96. The molecule has 0 radical (unpaired) electrons. The monoisotopic (exact) mass is 293 g/mol. The number of carboxylic acids is 1. The van der Waals surface area contributed by atoms with Crippen molar-refractivity contribution in [3.63, 3.8) is 0 Å². The number of anilines is 1. The van der Waals surface area contributed by atoms with E-state index in [1.165, 1.54) is 12.1 Å². The number of benzene rings is 1. The van der Waals surface area contributed by atoms with Gasteiger partial charge in [0, 0.05) is 6.04 Å². The van der Waals surface area contributed by atoms with Crippen LogP contribution in [0.2, 0.25) is 0 Å². The van der Waals surface area contributed by atoms with Crippen LogP contribution in [-0.4, -0.2) is 17.1 Å². The van der Waals surface area contributed by atoms with E-state index in [2.05, 4.69) is 33.0 Å². The van der Waals surface area contributed by atoms with Crippen LogP contribution in [0.1, 0.15) is 57.3 Å². The number of carboxylic acid groups (broad SMARTS) is 1.